The van der Waals surface area contributed by atoms with Gasteiger partial charge in [0.15, 0.2) is 0 Å². The maximum atomic E-state index is 14.1. The summed E-state index contributed by atoms with van der Waals surface area (Å²) in [5.74, 6) is -1.16. The van der Waals surface area contributed by atoms with E-state index in [9.17, 15) is 13.6 Å². The average molecular weight is 442 g/mol. The molecule has 2 aromatic carbocycles. The fourth-order valence-corrected chi connectivity index (χ4v) is 5.09. The summed E-state index contributed by atoms with van der Waals surface area (Å²) in [5, 5.41) is 5.03. The minimum Gasteiger partial charge on any atom is -0.369 e. The first kappa shape index (κ1) is 21.5. The van der Waals surface area contributed by atoms with E-state index in [1.54, 1.807) is 35.6 Å². The van der Waals surface area contributed by atoms with Crippen LogP contribution in [0.1, 0.15) is 28.2 Å². The van der Waals surface area contributed by atoms with Crippen LogP contribution in [0, 0.1) is 11.6 Å². The lowest BCUT2D eigenvalue weighted by Crippen LogP contribution is -2.52. The Morgan fingerprint density at radius 3 is 2.32 bits per heavy atom. The zero-order valence-electron chi connectivity index (χ0n) is 17.3. The summed E-state index contributed by atoms with van der Waals surface area (Å²) in [6.07, 6.45) is 0. The molecule has 2 atom stereocenters. The van der Waals surface area contributed by atoms with Crippen LogP contribution in [-0.4, -0.2) is 43.0 Å². The molecule has 4 nitrogen and oxygen atoms in total. The van der Waals surface area contributed by atoms with Gasteiger partial charge in [-0.2, -0.15) is 0 Å². The Bertz CT molecular complexity index is 1000. The van der Waals surface area contributed by atoms with Crippen LogP contribution in [0.3, 0.4) is 0 Å². The fraction of sp³-hybridized carbons (Fsp3) is 0.292. The summed E-state index contributed by atoms with van der Waals surface area (Å²) < 4.78 is 27.3. The largest absolute Gasteiger partial charge is 0.369 e. The van der Waals surface area contributed by atoms with E-state index in [1.807, 2.05) is 18.4 Å². The Balaban J connectivity index is 1.47. The van der Waals surface area contributed by atoms with Crippen molar-refractivity contribution in [1.29, 1.82) is 0 Å². The quantitative estimate of drug-likeness (QED) is 0.602. The highest BCUT2D eigenvalue weighted by Crippen LogP contribution is 2.30. The van der Waals surface area contributed by atoms with Crippen LogP contribution < -0.4 is 10.2 Å². The van der Waals surface area contributed by atoms with Gasteiger partial charge in [-0.25, -0.2) is 8.78 Å². The predicted octanol–water partition coefficient (Wildman–Crippen LogP) is 4.71. The standard InChI is InChI=1S/C24H25F2N3OS/c1-17(27-24(30)20-5-2-3-6-21(20)26)23(22-7-4-16-31-22)29-14-12-28(13-15-29)19-10-8-18(25)9-11-19/h2-11,16-17,23H,12-15H2,1H3,(H,27,30)/t17-,23+/m0/s1. The Morgan fingerprint density at radius 2 is 1.68 bits per heavy atom. The number of rotatable bonds is 6. The molecule has 1 amide bonds. The van der Waals surface area contributed by atoms with Gasteiger partial charge in [-0.05, 0) is 54.8 Å². The van der Waals surface area contributed by atoms with Gasteiger partial charge in [-0.1, -0.05) is 18.2 Å². The monoisotopic (exact) mass is 441 g/mol. The molecule has 0 saturated carbocycles. The van der Waals surface area contributed by atoms with Crippen molar-refractivity contribution in [3.05, 3.63) is 88.1 Å². The van der Waals surface area contributed by atoms with Crippen LogP contribution in [0.5, 0.6) is 0 Å². The minimum atomic E-state index is -0.521. The van der Waals surface area contributed by atoms with Gasteiger partial charge in [0.05, 0.1) is 11.6 Å². The van der Waals surface area contributed by atoms with Crippen LogP contribution in [-0.2, 0) is 0 Å². The van der Waals surface area contributed by atoms with Crippen LogP contribution >= 0.6 is 11.3 Å². The topological polar surface area (TPSA) is 35.6 Å². The summed E-state index contributed by atoms with van der Waals surface area (Å²) in [4.78, 5) is 18.5. The van der Waals surface area contributed by atoms with Crippen molar-refractivity contribution in [1.82, 2.24) is 10.2 Å². The SMILES string of the molecule is C[C@H](NC(=O)c1ccccc1F)[C@H](c1cccs1)N1CCN(c2ccc(F)cc2)CC1. The summed E-state index contributed by atoms with van der Waals surface area (Å²) in [6, 6.07) is 16.5. The number of nitrogens with zero attached hydrogens (tertiary/aromatic N) is 2. The number of amides is 1. The van der Waals surface area contributed by atoms with Gasteiger partial charge in [-0.15, -0.1) is 11.3 Å². The number of hydrogen-bond donors (Lipinski definition) is 1. The molecule has 1 aliphatic heterocycles. The molecule has 1 aromatic heterocycles. The lowest BCUT2D eigenvalue weighted by atomic mass is 10.0. The Morgan fingerprint density at radius 1 is 0.968 bits per heavy atom. The zero-order chi connectivity index (χ0) is 21.8. The Kier molecular flexibility index (Phi) is 6.63. The van der Waals surface area contributed by atoms with Crippen molar-refractivity contribution in [3.8, 4) is 0 Å². The van der Waals surface area contributed by atoms with Crippen LogP contribution in [0.15, 0.2) is 66.0 Å². The molecule has 162 valence electrons. The first-order valence-corrected chi connectivity index (χ1v) is 11.2. The second-order valence-corrected chi connectivity index (χ2v) is 8.68. The van der Waals surface area contributed by atoms with E-state index >= 15 is 0 Å². The van der Waals surface area contributed by atoms with E-state index in [0.29, 0.717) is 0 Å². The van der Waals surface area contributed by atoms with Crippen molar-refractivity contribution in [2.45, 2.75) is 19.0 Å². The van der Waals surface area contributed by atoms with Gasteiger partial charge < -0.3 is 10.2 Å². The highest BCUT2D eigenvalue weighted by Gasteiger charge is 2.31. The van der Waals surface area contributed by atoms with Gasteiger partial charge >= 0.3 is 0 Å². The van der Waals surface area contributed by atoms with Crippen molar-refractivity contribution in [3.63, 3.8) is 0 Å². The molecule has 31 heavy (non-hydrogen) atoms. The third-order valence-electron chi connectivity index (χ3n) is 5.68. The third kappa shape index (κ3) is 4.94. The Hall–Kier alpha value is -2.77. The molecule has 0 bridgehead atoms. The number of halogens is 2. The van der Waals surface area contributed by atoms with Gasteiger partial charge in [0.1, 0.15) is 11.6 Å². The van der Waals surface area contributed by atoms with E-state index in [-0.39, 0.29) is 23.5 Å². The number of hydrogen-bond acceptors (Lipinski definition) is 4. The number of thiophene rings is 1. The van der Waals surface area contributed by atoms with Gasteiger partial charge in [0.2, 0.25) is 0 Å². The van der Waals surface area contributed by atoms with E-state index in [2.05, 4.69) is 21.2 Å². The number of carbonyl (C=O) groups is 1. The van der Waals surface area contributed by atoms with Crippen molar-refractivity contribution in [2.75, 3.05) is 31.1 Å². The summed E-state index contributed by atoms with van der Waals surface area (Å²) in [7, 11) is 0. The highest BCUT2D eigenvalue weighted by atomic mass is 32.1. The molecule has 7 heteroatoms. The fourth-order valence-electron chi connectivity index (χ4n) is 4.12. The molecule has 0 spiro atoms. The van der Waals surface area contributed by atoms with Crippen LogP contribution in [0.2, 0.25) is 0 Å². The first-order chi connectivity index (χ1) is 15.0. The minimum absolute atomic E-state index is 0.00825. The van der Waals surface area contributed by atoms with Gasteiger partial charge in [0.25, 0.3) is 5.91 Å². The predicted molar refractivity (Wildman–Crippen MR) is 121 cm³/mol. The number of carbonyl (C=O) groups excluding carboxylic acids is 1. The summed E-state index contributed by atoms with van der Waals surface area (Å²) in [6.45, 7) is 5.19. The summed E-state index contributed by atoms with van der Waals surface area (Å²) >= 11 is 1.66. The molecule has 0 unspecified atom stereocenters. The zero-order valence-corrected chi connectivity index (χ0v) is 18.1. The molecule has 2 heterocycles. The molecule has 1 N–H and O–H groups in total. The van der Waals surface area contributed by atoms with Crippen molar-refractivity contribution < 1.29 is 13.6 Å². The second-order valence-electron chi connectivity index (χ2n) is 7.70. The lowest BCUT2D eigenvalue weighted by molar-refractivity contribution is 0.0886. The molecule has 1 saturated heterocycles. The van der Waals surface area contributed by atoms with Crippen LogP contribution in [0.25, 0.3) is 0 Å². The van der Waals surface area contributed by atoms with E-state index in [0.717, 1.165) is 36.7 Å². The number of nitrogens with one attached hydrogen (secondary N) is 1. The molecule has 0 radical (unpaired) electrons. The molecule has 1 aliphatic rings. The van der Waals surface area contributed by atoms with Crippen molar-refractivity contribution in [2.24, 2.45) is 0 Å². The molecule has 1 fully saturated rings. The van der Waals surface area contributed by atoms with E-state index < -0.39 is 11.7 Å². The van der Waals surface area contributed by atoms with E-state index in [1.165, 1.54) is 24.3 Å². The van der Waals surface area contributed by atoms with Crippen LogP contribution in [0.4, 0.5) is 14.5 Å². The van der Waals surface area contributed by atoms with Gasteiger partial charge in [0, 0.05) is 42.8 Å². The van der Waals surface area contributed by atoms with Crippen molar-refractivity contribution >= 4 is 22.9 Å². The normalized spacial score (nSPS) is 16.7. The number of benzene rings is 2. The summed E-state index contributed by atoms with van der Waals surface area (Å²) in [5.41, 5.74) is 1.06. The molecule has 3 aromatic rings. The maximum Gasteiger partial charge on any atom is 0.254 e. The number of piperazine rings is 1. The Labute approximate surface area is 185 Å². The van der Waals surface area contributed by atoms with E-state index in [4.69, 9.17) is 0 Å². The average Bonchev–Trinajstić information content (AvgIpc) is 3.29. The lowest BCUT2D eigenvalue weighted by Gasteiger charge is -2.42. The molecule has 0 aliphatic carbocycles. The smallest absolute Gasteiger partial charge is 0.254 e. The molecule has 4 rings (SSSR count). The third-order valence-corrected chi connectivity index (χ3v) is 6.63. The molecular formula is C24H25F2N3OS. The second kappa shape index (κ2) is 9.58. The van der Waals surface area contributed by atoms with Gasteiger partial charge in [-0.3, -0.25) is 9.69 Å². The first-order valence-electron chi connectivity index (χ1n) is 10.4. The number of anilines is 1. The molecular weight excluding hydrogens is 416 g/mol. The maximum absolute atomic E-state index is 14.1. The highest BCUT2D eigenvalue weighted by molar-refractivity contribution is 7.10.